The molecule has 0 heterocycles. The number of rotatable bonds is 7. The standard InChI is InChI=1S/C17H22N4O5/c1-10(2)17(4,9-18)20-15(22)11(3)26-16(23)12-6-7-13(19-5)14(8-12)21(24)25/h6-8,10-11,19H,1-5H3,(H,20,22)/t11-,17-/m0/s1. The van der Waals surface area contributed by atoms with Gasteiger partial charge in [0.15, 0.2) is 6.10 Å². The Kier molecular flexibility index (Phi) is 6.66. The molecule has 1 amide bonds. The number of nitro groups is 1. The number of esters is 1. The quantitative estimate of drug-likeness (QED) is 0.431. The predicted octanol–water partition coefficient (Wildman–Crippen LogP) is 2.24. The number of ether oxygens (including phenoxy) is 1. The lowest BCUT2D eigenvalue weighted by Crippen LogP contribution is -2.52. The van der Waals surface area contributed by atoms with Gasteiger partial charge in [-0.2, -0.15) is 5.26 Å². The number of benzene rings is 1. The van der Waals surface area contributed by atoms with Gasteiger partial charge in [-0.1, -0.05) is 13.8 Å². The molecule has 1 rings (SSSR count). The van der Waals surface area contributed by atoms with Crippen LogP contribution in [-0.4, -0.2) is 35.5 Å². The molecule has 0 saturated heterocycles. The second-order valence-electron chi connectivity index (χ2n) is 6.24. The molecule has 9 nitrogen and oxygen atoms in total. The van der Waals surface area contributed by atoms with Crippen LogP contribution in [0.1, 0.15) is 38.1 Å². The molecular formula is C17H22N4O5. The van der Waals surface area contributed by atoms with Crippen LogP contribution in [0.4, 0.5) is 11.4 Å². The number of hydrogen-bond donors (Lipinski definition) is 2. The molecule has 9 heteroatoms. The summed E-state index contributed by atoms with van der Waals surface area (Å²) >= 11 is 0. The van der Waals surface area contributed by atoms with Crippen molar-refractivity contribution in [3.63, 3.8) is 0 Å². The highest BCUT2D eigenvalue weighted by molar-refractivity contribution is 5.93. The lowest BCUT2D eigenvalue weighted by Gasteiger charge is -2.28. The monoisotopic (exact) mass is 362 g/mol. The first kappa shape index (κ1) is 20.9. The lowest BCUT2D eigenvalue weighted by atomic mass is 9.90. The zero-order valence-corrected chi connectivity index (χ0v) is 15.3. The van der Waals surface area contributed by atoms with Crippen molar-refractivity contribution in [3.8, 4) is 6.07 Å². The molecule has 0 radical (unpaired) electrons. The number of carbonyl (C=O) groups is 2. The van der Waals surface area contributed by atoms with Gasteiger partial charge in [-0.25, -0.2) is 4.79 Å². The normalized spacial score (nSPS) is 13.9. The molecule has 0 aliphatic carbocycles. The van der Waals surface area contributed by atoms with Crippen LogP contribution >= 0.6 is 0 Å². The van der Waals surface area contributed by atoms with Crippen LogP contribution in [0.3, 0.4) is 0 Å². The van der Waals surface area contributed by atoms with E-state index in [-0.39, 0.29) is 22.9 Å². The van der Waals surface area contributed by atoms with E-state index in [2.05, 4.69) is 10.6 Å². The summed E-state index contributed by atoms with van der Waals surface area (Å²) in [4.78, 5) is 34.8. The minimum absolute atomic E-state index is 0.0535. The predicted molar refractivity (Wildman–Crippen MR) is 94.5 cm³/mol. The molecule has 2 atom stereocenters. The van der Waals surface area contributed by atoms with Crippen molar-refractivity contribution >= 4 is 23.3 Å². The fourth-order valence-electron chi connectivity index (χ4n) is 1.96. The second kappa shape index (κ2) is 8.29. The molecule has 0 aromatic heterocycles. The van der Waals surface area contributed by atoms with Gasteiger partial charge in [0.2, 0.25) is 0 Å². The van der Waals surface area contributed by atoms with Gasteiger partial charge in [-0.05, 0) is 31.9 Å². The highest BCUT2D eigenvalue weighted by Gasteiger charge is 2.32. The summed E-state index contributed by atoms with van der Waals surface area (Å²) in [6.07, 6.45) is -1.17. The molecule has 0 unspecified atom stereocenters. The number of anilines is 1. The molecule has 1 aromatic rings. The summed E-state index contributed by atoms with van der Waals surface area (Å²) in [6.45, 7) is 6.50. The first-order valence-electron chi connectivity index (χ1n) is 7.96. The van der Waals surface area contributed by atoms with E-state index in [0.717, 1.165) is 6.07 Å². The van der Waals surface area contributed by atoms with Crippen molar-refractivity contribution in [2.75, 3.05) is 12.4 Å². The summed E-state index contributed by atoms with van der Waals surface area (Å²) in [5.41, 5.74) is -1.19. The van der Waals surface area contributed by atoms with E-state index in [1.54, 1.807) is 20.8 Å². The van der Waals surface area contributed by atoms with Gasteiger partial charge in [0.1, 0.15) is 11.2 Å². The Hall–Kier alpha value is -3.15. The van der Waals surface area contributed by atoms with E-state index in [1.807, 2.05) is 6.07 Å². The van der Waals surface area contributed by atoms with Crippen LogP contribution in [-0.2, 0) is 9.53 Å². The fourth-order valence-corrected chi connectivity index (χ4v) is 1.96. The SMILES string of the molecule is CNc1ccc(C(=O)O[C@@H](C)C(=O)N[C@@](C)(C#N)C(C)C)cc1[N+](=O)[O-]. The summed E-state index contributed by atoms with van der Waals surface area (Å²) in [5.74, 6) is -1.66. The molecule has 0 fully saturated rings. The highest BCUT2D eigenvalue weighted by atomic mass is 16.6. The molecule has 0 bridgehead atoms. The van der Waals surface area contributed by atoms with E-state index < -0.39 is 28.4 Å². The molecule has 0 spiro atoms. The Bertz CT molecular complexity index is 756. The molecule has 26 heavy (non-hydrogen) atoms. The Balaban J connectivity index is 2.91. The number of nitriles is 1. The van der Waals surface area contributed by atoms with Crippen molar-refractivity contribution in [3.05, 3.63) is 33.9 Å². The minimum atomic E-state index is -1.17. The van der Waals surface area contributed by atoms with Crippen LogP contribution in [0.2, 0.25) is 0 Å². The molecule has 0 saturated carbocycles. The molecule has 0 aliphatic heterocycles. The van der Waals surface area contributed by atoms with Gasteiger partial charge in [-0.3, -0.25) is 14.9 Å². The number of carbonyl (C=O) groups excluding carboxylic acids is 2. The third-order valence-electron chi connectivity index (χ3n) is 4.12. The number of nitrogens with one attached hydrogen (secondary N) is 2. The second-order valence-corrected chi connectivity index (χ2v) is 6.24. The van der Waals surface area contributed by atoms with E-state index in [1.165, 1.54) is 26.1 Å². The van der Waals surface area contributed by atoms with Crippen molar-refractivity contribution in [2.45, 2.75) is 39.3 Å². The third kappa shape index (κ3) is 4.69. The summed E-state index contributed by atoms with van der Waals surface area (Å²) in [7, 11) is 1.52. The summed E-state index contributed by atoms with van der Waals surface area (Å²) < 4.78 is 5.07. The maximum absolute atomic E-state index is 12.2. The maximum Gasteiger partial charge on any atom is 0.339 e. The van der Waals surface area contributed by atoms with Crippen LogP contribution < -0.4 is 10.6 Å². The summed E-state index contributed by atoms with van der Waals surface area (Å²) in [5, 5.41) is 25.5. The minimum Gasteiger partial charge on any atom is -0.449 e. The Morgan fingerprint density at radius 1 is 1.35 bits per heavy atom. The van der Waals surface area contributed by atoms with Crippen LogP contribution in [0.5, 0.6) is 0 Å². The third-order valence-corrected chi connectivity index (χ3v) is 4.12. The Labute approximate surface area is 151 Å². The van der Waals surface area contributed by atoms with E-state index in [9.17, 15) is 25.0 Å². The first-order valence-corrected chi connectivity index (χ1v) is 7.96. The van der Waals surface area contributed by atoms with Gasteiger partial charge in [0, 0.05) is 13.1 Å². The zero-order chi connectivity index (χ0) is 20.1. The van der Waals surface area contributed by atoms with E-state index in [4.69, 9.17) is 4.74 Å². The Morgan fingerprint density at radius 3 is 2.42 bits per heavy atom. The largest absolute Gasteiger partial charge is 0.449 e. The Morgan fingerprint density at radius 2 is 1.96 bits per heavy atom. The molecule has 140 valence electrons. The van der Waals surface area contributed by atoms with Gasteiger partial charge in [0.05, 0.1) is 16.6 Å². The van der Waals surface area contributed by atoms with Crippen LogP contribution in [0.25, 0.3) is 0 Å². The number of nitro benzene ring substituents is 1. The van der Waals surface area contributed by atoms with Crippen LogP contribution in [0, 0.1) is 27.4 Å². The van der Waals surface area contributed by atoms with Crippen molar-refractivity contribution in [2.24, 2.45) is 5.92 Å². The van der Waals surface area contributed by atoms with Crippen molar-refractivity contribution in [1.29, 1.82) is 5.26 Å². The van der Waals surface area contributed by atoms with Gasteiger partial charge in [0.25, 0.3) is 11.6 Å². The average Bonchev–Trinajstić information content (AvgIpc) is 2.60. The first-order chi connectivity index (χ1) is 12.1. The van der Waals surface area contributed by atoms with Crippen molar-refractivity contribution < 1.29 is 19.2 Å². The number of hydrogen-bond acceptors (Lipinski definition) is 7. The van der Waals surface area contributed by atoms with Gasteiger partial charge in [-0.15, -0.1) is 0 Å². The van der Waals surface area contributed by atoms with Crippen molar-refractivity contribution in [1.82, 2.24) is 5.32 Å². The molecule has 2 N–H and O–H groups in total. The average molecular weight is 362 g/mol. The molecular weight excluding hydrogens is 340 g/mol. The molecule has 1 aromatic carbocycles. The highest BCUT2D eigenvalue weighted by Crippen LogP contribution is 2.25. The maximum atomic E-state index is 12.2. The van der Waals surface area contributed by atoms with Crippen LogP contribution in [0.15, 0.2) is 18.2 Å². The smallest absolute Gasteiger partial charge is 0.339 e. The summed E-state index contributed by atoms with van der Waals surface area (Å²) in [6, 6.07) is 5.84. The van der Waals surface area contributed by atoms with Gasteiger partial charge < -0.3 is 15.4 Å². The fraction of sp³-hybridized carbons (Fsp3) is 0.471. The lowest BCUT2D eigenvalue weighted by molar-refractivity contribution is -0.384. The number of amides is 1. The molecule has 0 aliphatic rings. The van der Waals surface area contributed by atoms with E-state index >= 15 is 0 Å². The van der Waals surface area contributed by atoms with E-state index in [0.29, 0.717) is 0 Å². The van der Waals surface area contributed by atoms with Gasteiger partial charge >= 0.3 is 5.97 Å². The zero-order valence-electron chi connectivity index (χ0n) is 15.3. The number of nitrogens with zero attached hydrogens (tertiary/aromatic N) is 2. The topological polar surface area (TPSA) is 134 Å².